The Balaban J connectivity index is 1.64. The van der Waals surface area contributed by atoms with E-state index in [0.717, 1.165) is 5.56 Å². The maximum Gasteiger partial charge on any atom is 0.258 e. The molecule has 1 aromatic heterocycles. The smallest absolute Gasteiger partial charge is 0.258 e. The standard InChI is InChI=1S/C26H25N3O3/c1-18(2)32-21-14-12-20(13-15-21)26(31)29(16-19-8-4-3-5-9-19)17-24-27-23-11-7-6-10-22(23)25(30)28-24/h3-15,18H,16-17H2,1-2H3,(H,27,28,30). The number of nitrogens with one attached hydrogen (secondary N) is 1. The highest BCUT2D eigenvalue weighted by Gasteiger charge is 2.19. The Morgan fingerprint density at radius 1 is 0.938 bits per heavy atom. The SMILES string of the molecule is CC(C)Oc1ccc(C(=O)N(Cc2ccccc2)Cc2nc3ccccc3c(=O)[nH]2)cc1. The second kappa shape index (κ2) is 9.47. The van der Waals surface area contributed by atoms with Gasteiger partial charge in [-0.15, -0.1) is 0 Å². The molecule has 1 N–H and O–H groups in total. The van der Waals surface area contributed by atoms with Crippen molar-refractivity contribution in [2.45, 2.75) is 33.0 Å². The molecule has 0 fully saturated rings. The molecule has 0 aliphatic carbocycles. The van der Waals surface area contributed by atoms with Crippen LogP contribution >= 0.6 is 0 Å². The van der Waals surface area contributed by atoms with Crippen molar-refractivity contribution in [3.8, 4) is 5.75 Å². The van der Waals surface area contributed by atoms with Crippen molar-refractivity contribution in [1.82, 2.24) is 14.9 Å². The number of H-pyrrole nitrogens is 1. The summed E-state index contributed by atoms with van der Waals surface area (Å²) in [5.41, 5.74) is 1.92. The lowest BCUT2D eigenvalue weighted by atomic mass is 10.1. The molecule has 1 amide bonds. The number of nitrogens with zero attached hydrogens (tertiary/aromatic N) is 2. The maximum atomic E-state index is 13.4. The summed E-state index contributed by atoms with van der Waals surface area (Å²) in [5.74, 6) is 1.00. The summed E-state index contributed by atoms with van der Waals surface area (Å²) in [7, 11) is 0. The molecule has 4 aromatic rings. The summed E-state index contributed by atoms with van der Waals surface area (Å²) >= 11 is 0. The van der Waals surface area contributed by atoms with E-state index < -0.39 is 0 Å². The number of benzene rings is 3. The van der Waals surface area contributed by atoms with Gasteiger partial charge in [0, 0.05) is 12.1 Å². The van der Waals surface area contributed by atoms with Crippen molar-refractivity contribution in [3.05, 3.63) is 106 Å². The topological polar surface area (TPSA) is 75.3 Å². The van der Waals surface area contributed by atoms with Crippen molar-refractivity contribution in [1.29, 1.82) is 0 Å². The zero-order chi connectivity index (χ0) is 22.5. The molecule has 6 heteroatoms. The molecule has 0 saturated heterocycles. The molecule has 0 bridgehead atoms. The number of carbonyl (C=O) groups excluding carboxylic acids is 1. The van der Waals surface area contributed by atoms with Gasteiger partial charge in [-0.05, 0) is 55.8 Å². The van der Waals surface area contributed by atoms with Gasteiger partial charge in [-0.1, -0.05) is 42.5 Å². The second-order valence-electron chi connectivity index (χ2n) is 7.87. The molecule has 0 atom stereocenters. The molecule has 0 unspecified atom stereocenters. The Morgan fingerprint density at radius 3 is 2.34 bits per heavy atom. The molecule has 0 aliphatic heterocycles. The Morgan fingerprint density at radius 2 is 1.62 bits per heavy atom. The minimum Gasteiger partial charge on any atom is -0.491 e. The third kappa shape index (κ3) is 5.03. The maximum absolute atomic E-state index is 13.4. The van der Waals surface area contributed by atoms with Crippen LogP contribution in [0.1, 0.15) is 35.6 Å². The first kappa shape index (κ1) is 21.3. The van der Waals surface area contributed by atoms with E-state index in [2.05, 4.69) is 9.97 Å². The van der Waals surface area contributed by atoms with Crippen molar-refractivity contribution in [2.24, 2.45) is 0 Å². The molecule has 162 valence electrons. The number of aromatic nitrogens is 2. The molecule has 6 nitrogen and oxygen atoms in total. The Hall–Kier alpha value is -3.93. The van der Waals surface area contributed by atoms with Crippen LogP contribution in [0.15, 0.2) is 83.7 Å². The van der Waals surface area contributed by atoms with Gasteiger partial charge in [-0.3, -0.25) is 9.59 Å². The normalized spacial score (nSPS) is 11.0. The predicted molar refractivity (Wildman–Crippen MR) is 125 cm³/mol. The summed E-state index contributed by atoms with van der Waals surface area (Å²) in [6.45, 7) is 4.48. The number of hydrogen-bond acceptors (Lipinski definition) is 4. The predicted octanol–water partition coefficient (Wildman–Crippen LogP) is 4.55. The first-order valence-electron chi connectivity index (χ1n) is 10.6. The van der Waals surface area contributed by atoms with E-state index in [9.17, 15) is 9.59 Å². The van der Waals surface area contributed by atoms with Gasteiger partial charge in [0.25, 0.3) is 11.5 Å². The Labute approximate surface area is 186 Å². The fourth-order valence-electron chi connectivity index (χ4n) is 3.52. The van der Waals surface area contributed by atoms with Gasteiger partial charge in [0.2, 0.25) is 0 Å². The van der Waals surface area contributed by atoms with Crippen molar-refractivity contribution in [3.63, 3.8) is 0 Å². The zero-order valence-electron chi connectivity index (χ0n) is 18.1. The lowest BCUT2D eigenvalue weighted by molar-refractivity contribution is 0.0725. The van der Waals surface area contributed by atoms with E-state index in [0.29, 0.717) is 34.6 Å². The molecule has 32 heavy (non-hydrogen) atoms. The highest BCUT2D eigenvalue weighted by molar-refractivity contribution is 5.94. The first-order chi connectivity index (χ1) is 15.5. The average Bonchev–Trinajstić information content (AvgIpc) is 2.79. The molecule has 0 saturated carbocycles. The van der Waals surface area contributed by atoms with Gasteiger partial charge in [-0.2, -0.15) is 0 Å². The largest absolute Gasteiger partial charge is 0.491 e. The minimum atomic E-state index is -0.215. The van der Waals surface area contributed by atoms with Crippen LogP contribution in [0.4, 0.5) is 0 Å². The number of aromatic amines is 1. The summed E-state index contributed by atoms with van der Waals surface area (Å²) in [6.07, 6.45) is 0.0573. The summed E-state index contributed by atoms with van der Waals surface area (Å²) < 4.78 is 5.68. The third-order valence-electron chi connectivity index (χ3n) is 4.98. The first-order valence-corrected chi connectivity index (χ1v) is 10.6. The van der Waals surface area contributed by atoms with Crippen LogP contribution in [-0.4, -0.2) is 26.9 Å². The zero-order valence-corrected chi connectivity index (χ0v) is 18.1. The Bertz CT molecular complexity index is 1260. The number of rotatable bonds is 7. The highest BCUT2D eigenvalue weighted by atomic mass is 16.5. The Kier molecular flexibility index (Phi) is 6.31. The van der Waals surface area contributed by atoms with Gasteiger partial charge in [0.15, 0.2) is 0 Å². The van der Waals surface area contributed by atoms with Crippen molar-refractivity contribution >= 4 is 16.8 Å². The number of para-hydroxylation sites is 1. The molecule has 3 aromatic carbocycles. The minimum absolute atomic E-state index is 0.0573. The molecular formula is C26H25N3O3. The number of amides is 1. The second-order valence-corrected chi connectivity index (χ2v) is 7.87. The van der Waals surface area contributed by atoms with Gasteiger partial charge in [-0.25, -0.2) is 4.98 Å². The van der Waals surface area contributed by atoms with Gasteiger partial charge >= 0.3 is 0 Å². The number of ether oxygens (including phenoxy) is 1. The van der Waals surface area contributed by atoms with E-state index in [-0.39, 0.29) is 24.1 Å². The number of fused-ring (bicyclic) bond motifs is 1. The quantitative estimate of drug-likeness (QED) is 0.469. The van der Waals surface area contributed by atoms with Gasteiger partial charge in [0.05, 0.1) is 23.6 Å². The van der Waals surface area contributed by atoms with Crippen LogP contribution in [0.2, 0.25) is 0 Å². The third-order valence-corrected chi connectivity index (χ3v) is 4.98. The van der Waals surface area contributed by atoms with Crippen molar-refractivity contribution in [2.75, 3.05) is 0 Å². The number of carbonyl (C=O) groups is 1. The van der Waals surface area contributed by atoms with Crippen LogP contribution in [-0.2, 0) is 13.1 Å². The molecule has 0 radical (unpaired) electrons. The van der Waals surface area contributed by atoms with Crippen molar-refractivity contribution < 1.29 is 9.53 Å². The highest BCUT2D eigenvalue weighted by Crippen LogP contribution is 2.18. The fraction of sp³-hybridized carbons (Fsp3) is 0.192. The van der Waals surface area contributed by atoms with Crippen LogP contribution in [0.25, 0.3) is 10.9 Å². The van der Waals surface area contributed by atoms with Crippen LogP contribution in [0.5, 0.6) is 5.75 Å². The lowest BCUT2D eigenvalue weighted by Crippen LogP contribution is -2.31. The van der Waals surface area contributed by atoms with Gasteiger partial charge < -0.3 is 14.6 Å². The number of hydrogen-bond donors (Lipinski definition) is 1. The van der Waals surface area contributed by atoms with Crippen LogP contribution < -0.4 is 10.3 Å². The fourth-order valence-corrected chi connectivity index (χ4v) is 3.52. The van der Waals surface area contributed by atoms with E-state index in [1.165, 1.54) is 0 Å². The van der Waals surface area contributed by atoms with Crippen LogP contribution in [0, 0.1) is 0 Å². The summed E-state index contributed by atoms with van der Waals surface area (Å²) in [6, 6.07) is 24.0. The average molecular weight is 428 g/mol. The van der Waals surface area contributed by atoms with E-state index >= 15 is 0 Å². The molecular weight excluding hydrogens is 402 g/mol. The van der Waals surface area contributed by atoms with Gasteiger partial charge in [0.1, 0.15) is 11.6 Å². The summed E-state index contributed by atoms with van der Waals surface area (Å²) in [5, 5.41) is 0.526. The molecule has 1 heterocycles. The lowest BCUT2D eigenvalue weighted by Gasteiger charge is -2.23. The molecule has 4 rings (SSSR count). The monoisotopic (exact) mass is 427 g/mol. The molecule has 0 aliphatic rings. The van der Waals surface area contributed by atoms with E-state index in [1.54, 1.807) is 47.4 Å². The van der Waals surface area contributed by atoms with E-state index in [4.69, 9.17) is 4.74 Å². The molecule has 0 spiro atoms. The van der Waals surface area contributed by atoms with Crippen LogP contribution in [0.3, 0.4) is 0 Å². The summed E-state index contributed by atoms with van der Waals surface area (Å²) in [4.78, 5) is 35.0. The van der Waals surface area contributed by atoms with E-state index in [1.807, 2.05) is 50.2 Å².